The van der Waals surface area contributed by atoms with Gasteiger partial charge >= 0.3 is 0 Å². The fourth-order valence-electron chi connectivity index (χ4n) is 4.59. The summed E-state index contributed by atoms with van der Waals surface area (Å²) in [5.74, 6) is -1.81. The minimum absolute atomic E-state index is 0.350. The molecular formula is C20H22N4O2. The van der Waals surface area contributed by atoms with Crippen LogP contribution in [0.25, 0.3) is 0 Å². The van der Waals surface area contributed by atoms with Crippen molar-refractivity contribution in [2.45, 2.75) is 51.9 Å². The van der Waals surface area contributed by atoms with Gasteiger partial charge in [-0.25, -0.2) is 0 Å². The van der Waals surface area contributed by atoms with Gasteiger partial charge in [-0.15, -0.1) is 0 Å². The van der Waals surface area contributed by atoms with E-state index in [2.05, 4.69) is 24.8 Å². The van der Waals surface area contributed by atoms with E-state index >= 15 is 0 Å². The average Bonchev–Trinajstić information content (AvgIpc) is 2.77. The molecule has 6 heteroatoms. The summed E-state index contributed by atoms with van der Waals surface area (Å²) in [5.41, 5.74) is -1.53. The zero-order valence-corrected chi connectivity index (χ0v) is 15.3. The monoisotopic (exact) mass is 350 g/mol. The van der Waals surface area contributed by atoms with Gasteiger partial charge in [-0.05, 0) is 37.7 Å². The van der Waals surface area contributed by atoms with E-state index in [-0.39, 0.29) is 5.90 Å². The van der Waals surface area contributed by atoms with E-state index in [1.165, 1.54) is 0 Å². The molecule has 0 spiro atoms. The van der Waals surface area contributed by atoms with Crippen LogP contribution in [0.15, 0.2) is 23.8 Å². The van der Waals surface area contributed by atoms with Crippen molar-refractivity contribution in [1.82, 2.24) is 0 Å². The third-order valence-corrected chi connectivity index (χ3v) is 6.47. The molecule has 1 N–H and O–H groups in total. The summed E-state index contributed by atoms with van der Waals surface area (Å²) in [6.45, 7) is 9.39. The van der Waals surface area contributed by atoms with Crippen LogP contribution in [-0.4, -0.2) is 17.8 Å². The second-order valence-corrected chi connectivity index (χ2v) is 7.71. The Labute approximate surface area is 153 Å². The smallest absolute Gasteiger partial charge is 0.214 e. The first kappa shape index (κ1) is 18.2. The summed E-state index contributed by atoms with van der Waals surface area (Å²) in [6, 6.07) is 6.22. The standard InChI is InChI=1S/C20H22N4O2/c1-12(2)14-5-7-15(8-6-14)16-19(9-21,10-22)20(11-23)13(3)18(4,25-16)26-17(20)24/h7,13-14,16,24H,1,5-6,8H2,2-4H3. The molecule has 2 saturated heterocycles. The van der Waals surface area contributed by atoms with Crippen molar-refractivity contribution in [2.75, 3.05) is 0 Å². The molecule has 2 fully saturated rings. The third-order valence-electron chi connectivity index (χ3n) is 6.47. The van der Waals surface area contributed by atoms with Gasteiger partial charge in [0, 0.05) is 6.92 Å². The normalized spacial score (nSPS) is 40.4. The first-order chi connectivity index (χ1) is 12.2. The number of allylic oxidation sites excluding steroid dienone is 2. The lowest BCUT2D eigenvalue weighted by Gasteiger charge is -2.48. The molecule has 3 rings (SSSR count). The molecule has 0 radical (unpaired) electrons. The maximum atomic E-state index is 10.0. The van der Waals surface area contributed by atoms with Gasteiger partial charge in [0.2, 0.25) is 17.1 Å². The molecule has 0 aromatic rings. The molecule has 0 aromatic carbocycles. The first-order valence-electron chi connectivity index (χ1n) is 8.76. The van der Waals surface area contributed by atoms with E-state index in [1.807, 2.05) is 13.0 Å². The van der Waals surface area contributed by atoms with Crippen LogP contribution < -0.4 is 0 Å². The Kier molecular flexibility index (Phi) is 3.98. The summed E-state index contributed by atoms with van der Waals surface area (Å²) in [7, 11) is 0. The lowest BCUT2D eigenvalue weighted by Crippen LogP contribution is -2.61. The predicted octanol–water partition coefficient (Wildman–Crippen LogP) is 3.59. The Morgan fingerprint density at radius 1 is 1.31 bits per heavy atom. The molecule has 134 valence electrons. The van der Waals surface area contributed by atoms with Crippen molar-refractivity contribution in [2.24, 2.45) is 22.7 Å². The number of nitriles is 3. The molecule has 2 aliphatic heterocycles. The number of fused-ring (bicyclic) bond motifs is 2. The quantitative estimate of drug-likeness (QED) is 0.764. The van der Waals surface area contributed by atoms with Crippen LogP contribution in [0.4, 0.5) is 0 Å². The SMILES string of the molecule is C=C(C)C1CC=C(C2OC3(C)OC(=N)C(C#N)(C3C)C2(C#N)C#N)CC1. The maximum absolute atomic E-state index is 10.0. The van der Waals surface area contributed by atoms with Crippen molar-refractivity contribution < 1.29 is 9.47 Å². The lowest BCUT2D eigenvalue weighted by molar-refractivity contribution is -0.256. The number of nitrogens with one attached hydrogen (secondary N) is 1. The van der Waals surface area contributed by atoms with E-state index in [0.29, 0.717) is 12.3 Å². The van der Waals surface area contributed by atoms with Crippen LogP contribution in [0, 0.1) is 62.1 Å². The van der Waals surface area contributed by atoms with Gasteiger partial charge in [-0.2, -0.15) is 15.8 Å². The number of hydrogen-bond donors (Lipinski definition) is 1. The molecular weight excluding hydrogens is 328 g/mol. The second-order valence-electron chi connectivity index (χ2n) is 7.71. The zero-order chi connectivity index (χ0) is 19.3. The highest BCUT2D eigenvalue weighted by molar-refractivity contribution is 5.89. The molecule has 26 heavy (non-hydrogen) atoms. The maximum Gasteiger partial charge on any atom is 0.214 e. The van der Waals surface area contributed by atoms with E-state index in [1.54, 1.807) is 13.8 Å². The fourth-order valence-corrected chi connectivity index (χ4v) is 4.59. The summed E-state index contributed by atoms with van der Waals surface area (Å²) >= 11 is 0. The molecule has 0 amide bonds. The Balaban J connectivity index is 2.15. The Morgan fingerprint density at radius 2 is 1.96 bits per heavy atom. The Hall–Kier alpha value is -2.62. The molecule has 5 atom stereocenters. The molecule has 5 unspecified atom stereocenters. The minimum Gasteiger partial charge on any atom is -0.448 e. The minimum atomic E-state index is -1.82. The molecule has 6 nitrogen and oxygen atoms in total. The average molecular weight is 350 g/mol. The number of hydrogen-bond acceptors (Lipinski definition) is 6. The highest BCUT2D eigenvalue weighted by Crippen LogP contribution is 2.63. The van der Waals surface area contributed by atoms with Crippen molar-refractivity contribution in [3.8, 4) is 18.2 Å². The van der Waals surface area contributed by atoms with Crippen LogP contribution >= 0.6 is 0 Å². The highest BCUT2D eigenvalue weighted by Gasteiger charge is 2.78. The summed E-state index contributed by atoms with van der Waals surface area (Å²) in [5, 5.41) is 38.3. The molecule has 3 aliphatic rings. The molecule has 0 saturated carbocycles. The molecule has 2 heterocycles. The molecule has 0 aromatic heterocycles. The highest BCUT2D eigenvalue weighted by atomic mass is 16.7. The summed E-state index contributed by atoms with van der Waals surface area (Å²) in [6.07, 6.45) is 3.39. The lowest BCUT2D eigenvalue weighted by atomic mass is 9.53. The fraction of sp³-hybridized carbons (Fsp3) is 0.600. The van der Waals surface area contributed by atoms with Crippen LogP contribution in [0.5, 0.6) is 0 Å². The van der Waals surface area contributed by atoms with Crippen molar-refractivity contribution >= 4 is 5.90 Å². The summed E-state index contributed by atoms with van der Waals surface area (Å²) in [4.78, 5) is 0. The number of ether oxygens (including phenoxy) is 2. The Bertz CT molecular complexity index is 825. The van der Waals surface area contributed by atoms with Gasteiger partial charge < -0.3 is 9.47 Å². The first-order valence-corrected chi connectivity index (χ1v) is 8.76. The molecule has 1 aliphatic carbocycles. The number of rotatable bonds is 2. The van der Waals surface area contributed by atoms with Gasteiger partial charge in [-0.3, -0.25) is 5.41 Å². The second kappa shape index (κ2) is 5.70. The van der Waals surface area contributed by atoms with Crippen molar-refractivity contribution in [1.29, 1.82) is 21.2 Å². The van der Waals surface area contributed by atoms with Gasteiger partial charge in [0.25, 0.3) is 0 Å². The number of nitrogens with zero attached hydrogens (tertiary/aromatic N) is 3. The van der Waals surface area contributed by atoms with Gasteiger partial charge in [0.05, 0.1) is 24.1 Å². The Morgan fingerprint density at radius 3 is 2.42 bits per heavy atom. The van der Waals surface area contributed by atoms with Crippen LogP contribution in [-0.2, 0) is 9.47 Å². The topological polar surface area (TPSA) is 114 Å². The molecule has 2 bridgehead atoms. The van der Waals surface area contributed by atoms with Crippen LogP contribution in [0.2, 0.25) is 0 Å². The van der Waals surface area contributed by atoms with E-state index in [0.717, 1.165) is 24.0 Å². The van der Waals surface area contributed by atoms with Gasteiger partial charge in [0.1, 0.15) is 6.10 Å². The van der Waals surface area contributed by atoms with Crippen molar-refractivity contribution in [3.05, 3.63) is 23.8 Å². The van der Waals surface area contributed by atoms with Crippen LogP contribution in [0.3, 0.4) is 0 Å². The van der Waals surface area contributed by atoms with Crippen LogP contribution in [0.1, 0.15) is 40.0 Å². The van der Waals surface area contributed by atoms with Crippen molar-refractivity contribution in [3.63, 3.8) is 0 Å². The van der Waals surface area contributed by atoms with E-state index in [9.17, 15) is 15.8 Å². The zero-order valence-electron chi connectivity index (χ0n) is 15.3. The largest absolute Gasteiger partial charge is 0.448 e. The predicted molar refractivity (Wildman–Crippen MR) is 93.2 cm³/mol. The third kappa shape index (κ3) is 1.96. The van der Waals surface area contributed by atoms with Gasteiger partial charge in [-0.1, -0.05) is 25.2 Å². The van der Waals surface area contributed by atoms with Gasteiger partial charge in [0.15, 0.2) is 5.41 Å². The van der Waals surface area contributed by atoms with E-state index < -0.39 is 28.6 Å². The van der Waals surface area contributed by atoms with E-state index in [4.69, 9.17) is 14.9 Å². The summed E-state index contributed by atoms with van der Waals surface area (Å²) < 4.78 is 11.8.